The standard InChI is InChI=1S/C10H12/c1-3-5-10-7-4-6-9(2)8-10/h6,8H,4,7H2,1-2H3. The van der Waals surface area contributed by atoms with E-state index < -0.39 is 0 Å². The fraction of sp³-hybridized carbons (Fsp3) is 0.400. The minimum atomic E-state index is 1.12. The van der Waals surface area contributed by atoms with Crippen molar-refractivity contribution in [2.24, 2.45) is 0 Å². The van der Waals surface area contributed by atoms with E-state index >= 15 is 0 Å². The third-order valence-electron chi connectivity index (χ3n) is 1.57. The Kier molecular flexibility index (Phi) is 2.34. The molecule has 0 spiro atoms. The first kappa shape index (κ1) is 7.15. The lowest BCUT2D eigenvalue weighted by Crippen LogP contribution is -1.86. The van der Waals surface area contributed by atoms with E-state index in [-0.39, 0.29) is 0 Å². The van der Waals surface area contributed by atoms with E-state index in [9.17, 15) is 0 Å². The molecule has 10 heavy (non-hydrogen) atoms. The summed E-state index contributed by atoms with van der Waals surface area (Å²) in [5, 5.41) is 0. The molecule has 1 aliphatic carbocycles. The Morgan fingerprint density at radius 2 is 2.30 bits per heavy atom. The van der Waals surface area contributed by atoms with Crippen LogP contribution in [-0.2, 0) is 0 Å². The predicted octanol–water partition coefficient (Wildman–Crippen LogP) is 2.68. The molecule has 0 saturated carbocycles. The smallest absolute Gasteiger partial charge is 0.00257 e. The van der Waals surface area contributed by atoms with Crippen LogP contribution in [0.4, 0.5) is 0 Å². The summed E-state index contributed by atoms with van der Waals surface area (Å²) in [6.45, 7) is 4.00. The Bertz CT molecular complexity index is 230. The maximum atomic E-state index is 3.09. The van der Waals surface area contributed by atoms with Crippen molar-refractivity contribution in [3.05, 3.63) is 23.3 Å². The van der Waals surface area contributed by atoms with E-state index in [1.807, 2.05) is 6.92 Å². The molecule has 0 aromatic carbocycles. The van der Waals surface area contributed by atoms with Crippen molar-refractivity contribution in [1.29, 1.82) is 0 Å². The van der Waals surface area contributed by atoms with Crippen LogP contribution in [0.3, 0.4) is 0 Å². The first-order chi connectivity index (χ1) is 4.83. The highest BCUT2D eigenvalue weighted by molar-refractivity contribution is 5.37. The largest absolute Gasteiger partial charge is 0.102 e. The molecule has 0 aliphatic heterocycles. The second kappa shape index (κ2) is 3.27. The maximum absolute atomic E-state index is 3.09. The molecule has 0 bridgehead atoms. The van der Waals surface area contributed by atoms with Gasteiger partial charge in [-0.05, 0) is 32.8 Å². The van der Waals surface area contributed by atoms with Gasteiger partial charge in [-0.2, -0.15) is 0 Å². The van der Waals surface area contributed by atoms with Crippen molar-refractivity contribution in [2.75, 3.05) is 0 Å². The summed E-state index contributed by atoms with van der Waals surface area (Å²) in [6.07, 6.45) is 6.70. The highest BCUT2D eigenvalue weighted by Gasteiger charge is 1.97. The van der Waals surface area contributed by atoms with Crippen LogP contribution in [0.5, 0.6) is 0 Å². The van der Waals surface area contributed by atoms with Gasteiger partial charge in [0.15, 0.2) is 0 Å². The Hall–Kier alpha value is -0.960. The van der Waals surface area contributed by atoms with E-state index in [0.717, 1.165) is 12.8 Å². The molecule has 0 aromatic heterocycles. The molecule has 0 atom stereocenters. The zero-order valence-corrected chi connectivity index (χ0v) is 6.57. The zero-order valence-electron chi connectivity index (χ0n) is 6.57. The Morgan fingerprint density at radius 1 is 1.50 bits per heavy atom. The second-order valence-corrected chi connectivity index (χ2v) is 2.53. The van der Waals surface area contributed by atoms with Gasteiger partial charge in [-0.15, -0.1) is 5.92 Å². The molecule has 0 radical (unpaired) electrons. The van der Waals surface area contributed by atoms with Gasteiger partial charge in [-0.3, -0.25) is 0 Å². The first-order valence-corrected chi connectivity index (χ1v) is 3.63. The average Bonchev–Trinajstić information content (AvgIpc) is 1.88. The molecular weight excluding hydrogens is 120 g/mol. The summed E-state index contributed by atoms with van der Waals surface area (Å²) in [6, 6.07) is 0. The number of hydrogen-bond donors (Lipinski definition) is 0. The molecule has 0 unspecified atom stereocenters. The lowest BCUT2D eigenvalue weighted by Gasteiger charge is -2.04. The van der Waals surface area contributed by atoms with E-state index in [1.54, 1.807) is 0 Å². The molecule has 0 heteroatoms. The van der Waals surface area contributed by atoms with Crippen molar-refractivity contribution >= 4 is 0 Å². The van der Waals surface area contributed by atoms with E-state index in [4.69, 9.17) is 0 Å². The molecule has 0 aromatic rings. The summed E-state index contributed by atoms with van der Waals surface area (Å²) in [5.74, 6) is 6.00. The van der Waals surface area contributed by atoms with Gasteiger partial charge in [0.2, 0.25) is 0 Å². The van der Waals surface area contributed by atoms with Crippen molar-refractivity contribution in [3.63, 3.8) is 0 Å². The topological polar surface area (TPSA) is 0 Å². The number of hydrogen-bond acceptors (Lipinski definition) is 0. The first-order valence-electron chi connectivity index (χ1n) is 3.63. The Morgan fingerprint density at radius 3 is 2.90 bits per heavy atom. The zero-order chi connectivity index (χ0) is 7.40. The number of rotatable bonds is 0. The fourth-order valence-corrected chi connectivity index (χ4v) is 1.12. The van der Waals surface area contributed by atoms with Gasteiger partial charge >= 0.3 is 0 Å². The lowest BCUT2D eigenvalue weighted by atomic mass is 10.0. The quantitative estimate of drug-likeness (QED) is 0.444. The highest BCUT2D eigenvalue weighted by Crippen LogP contribution is 2.15. The minimum Gasteiger partial charge on any atom is -0.102 e. The van der Waals surface area contributed by atoms with E-state index in [2.05, 4.69) is 30.9 Å². The van der Waals surface area contributed by atoms with Crippen molar-refractivity contribution in [3.8, 4) is 11.8 Å². The predicted molar refractivity (Wildman–Crippen MR) is 44.5 cm³/mol. The van der Waals surface area contributed by atoms with E-state index in [1.165, 1.54) is 11.1 Å². The average molecular weight is 132 g/mol. The van der Waals surface area contributed by atoms with Crippen LogP contribution < -0.4 is 0 Å². The molecule has 52 valence electrons. The molecule has 0 N–H and O–H groups in total. The van der Waals surface area contributed by atoms with Crippen LogP contribution in [-0.4, -0.2) is 0 Å². The molecule has 1 aliphatic rings. The van der Waals surface area contributed by atoms with Crippen molar-refractivity contribution in [1.82, 2.24) is 0 Å². The summed E-state index contributed by atoms with van der Waals surface area (Å²) in [4.78, 5) is 0. The van der Waals surface area contributed by atoms with Crippen LogP contribution >= 0.6 is 0 Å². The summed E-state index contributed by atoms with van der Waals surface area (Å²) in [5.41, 5.74) is 2.63. The minimum absolute atomic E-state index is 1.12. The maximum Gasteiger partial charge on any atom is 0.00257 e. The third kappa shape index (κ3) is 1.77. The van der Waals surface area contributed by atoms with Gasteiger partial charge in [0.1, 0.15) is 0 Å². The Balaban J connectivity index is 2.75. The highest BCUT2D eigenvalue weighted by atomic mass is 14.0. The van der Waals surface area contributed by atoms with Gasteiger partial charge in [0, 0.05) is 5.57 Å². The molecular formula is C10H12. The summed E-state index contributed by atoms with van der Waals surface area (Å²) >= 11 is 0. The van der Waals surface area contributed by atoms with Crippen LogP contribution in [0.25, 0.3) is 0 Å². The van der Waals surface area contributed by atoms with Crippen molar-refractivity contribution < 1.29 is 0 Å². The van der Waals surface area contributed by atoms with Gasteiger partial charge < -0.3 is 0 Å². The molecule has 0 heterocycles. The summed E-state index contributed by atoms with van der Waals surface area (Å²) in [7, 11) is 0. The SMILES string of the molecule is CC#CC1=CC(C)=CCC1. The van der Waals surface area contributed by atoms with Gasteiger partial charge in [-0.25, -0.2) is 0 Å². The fourth-order valence-electron chi connectivity index (χ4n) is 1.12. The van der Waals surface area contributed by atoms with Crippen LogP contribution in [0.15, 0.2) is 23.3 Å². The van der Waals surface area contributed by atoms with Crippen molar-refractivity contribution in [2.45, 2.75) is 26.7 Å². The van der Waals surface area contributed by atoms with Gasteiger partial charge in [0.25, 0.3) is 0 Å². The van der Waals surface area contributed by atoms with Gasteiger partial charge in [-0.1, -0.05) is 17.6 Å². The second-order valence-electron chi connectivity index (χ2n) is 2.53. The van der Waals surface area contributed by atoms with E-state index in [0.29, 0.717) is 0 Å². The molecule has 0 amide bonds. The van der Waals surface area contributed by atoms with Crippen LogP contribution in [0.1, 0.15) is 26.7 Å². The van der Waals surface area contributed by atoms with Crippen LogP contribution in [0.2, 0.25) is 0 Å². The molecule has 0 fully saturated rings. The molecule has 0 nitrogen and oxygen atoms in total. The van der Waals surface area contributed by atoms with Gasteiger partial charge in [0.05, 0.1) is 0 Å². The normalized spacial score (nSPS) is 16.6. The third-order valence-corrected chi connectivity index (χ3v) is 1.57. The lowest BCUT2D eigenvalue weighted by molar-refractivity contribution is 0.981. The monoisotopic (exact) mass is 132 g/mol. The Labute approximate surface area is 62.6 Å². The van der Waals surface area contributed by atoms with Crippen LogP contribution in [0, 0.1) is 11.8 Å². The summed E-state index contributed by atoms with van der Waals surface area (Å²) < 4.78 is 0. The molecule has 1 rings (SSSR count). The molecule has 0 saturated heterocycles. The number of allylic oxidation sites excluding steroid dienone is 4.